The van der Waals surface area contributed by atoms with Crippen LogP contribution in [0.15, 0.2) is 0 Å². The number of likely N-dealkylation sites (tertiary alicyclic amines) is 1. The highest BCUT2D eigenvalue weighted by atomic mass is 16.6. The van der Waals surface area contributed by atoms with E-state index < -0.39 is 53.6 Å². The summed E-state index contributed by atoms with van der Waals surface area (Å²) in [4.78, 5) is 63.1. The summed E-state index contributed by atoms with van der Waals surface area (Å²) < 4.78 is 5.26. The highest BCUT2D eigenvalue weighted by Crippen LogP contribution is 2.33. The minimum atomic E-state index is -1.38. The molecular weight excluding hydrogens is 422 g/mol. The molecule has 2 fully saturated rings. The third-order valence-corrected chi connectivity index (χ3v) is 5.35. The number of amides is 3. The second kappa shape index (κ2) is 9.74. The maximum atomic E-state index is 13.2. The third-order valence-electron chi connectivity index (χ3n) is 5.35. The van der Waals surface area contributed by atoms with Gasteiger partial charge in [0.15, 0.2) is 12.1 Å². The third kappa shape index (κ3) is 6.33. The van der Waals surface area contributed by atoms with Crippen molar-refractivity contribution in [3.63, 3.8) is 0 Å². The lowest BCUT2D eigenvalue weighted by atomic mass is 9.95. The number of carbonyl (C=O) groups excluding carboxylic acids is 3. The molecule has 180 valence electrons. The fraction of sp³-hybridized carbons (Fsp3) is 0.762. The van der Waals surface area contributed by atoms with Crippen molar-refractivity contribution in [3.05, 3.63) is 0 Å². The van der Waals surface area contributed by atoms with Crippen molar-refractivity contribution in [2.75, 3.05) is 13.1 Å². The summed E-state index contributed by atoms with van der Waals surface area (Å²) in [7, 11) is 0. The molecule has 0 spiro atoms. The first-order valence-electron chi connectivity index (χ1n) is 10.8. The number of rotatable bonds is 7. The van der Waals surface area contributed by atoms with Crippen LogP contribution in [0.5, 0.6) is 0 Å². The summed E-state index contributed by atoms with van der Waals surface area (Å²) in [6, 6.07) is -3.60. The Hall–Kier alpha value is -2.85. The van der Waals surface area contributed by atoms with Crippen LogP contribution in [-0.4, -0.2) is 86.7 Å². The smallest absolute Gasteiger partial charge is 0.408 e. The Morgan fingerprint density at radius 2 is 1.62 bits per heavy atom. The van der Waals surface area contributed by atoms with E-state index >= 15 is 0 Å². The molecule has 11 nitrogen and oxygen atoms in total. The van der Waals surface area contributed by atoms with E-state index in [2.05, 4.69) is 5.32 Å². The van der Waals surface area contributed by atoms with Gasteiger partial charge >= 0.3 is 18.0 Å². The fourth-order valence-electron chi connectivity index (χ4n) is 3.97. The van der Waals surface area contributed by atoms with Gasteiger partial charge in [0.25, 0.3) is 0 Å². The zero-order valence-corrected chi connectivity index (χ0v) is 19.2. The monoisotopic (exact) mass is 455 g/mol. The summed E-state index contributed by atoms with van der Waals surface area (Å²) in [5.74, 6) is -4.26. The number of carboxylic acid groups (broad SMARTS) is 2. The molecule has 3 amide bonds. The highest BCUT2D eigenvalue weighted by Gasteiger charge is 2.61. The number of nitrogens with one attached hydrogen (secondary N) is 1. The van der Waals surface area contributed by atoms with Gasteiger partial charge in [-0.2, -0.15) is 0 Å². The van der Waals surface area contributed by atoms with E-state index in [1.165, 1.54) is 4.90 Å². The Morgan fingerprint density at radius 3 is 2.09 bits per heavy atom. The molecule has 0 radical (unpaired) electrons. The van der Waals surface area contributed by atoms with E-state index in [9.17, 15) is 34.2 Å². The summed E-state index contributed by atoms with van der Waals surface area (Å²) in [5.41, 5.74) is -0.724. The van der Waals surface area contributed by atoms with Gasteiger partial charge in [0.2, 0.25) is 11.8 Å². The molecule has 0 saturated carbocycles. The minimum absolute atomic E-state index is 0.0391. The zero-order valence-electron chi connectivity index (χ0n) is 19.2. The lowest BCUT2D eigenvalue weighted by Crippen LogP contribution is -2.53. The molecule has 2 aliphatic rings. The summed E-state index contributed by atoms with van der Waals surface area (Å²) >= 11 is 0. The van der Waals surface area contributed by atoms with Gasteiger partial charge in [0.1, 0.15) is 11.6 Å². The van der Waals surface area contributed by atoms with Crippen LogP contribution in [-0.2, 0) is 23.9 Å². The van der Waals surface area contributed by atoms with Crippen LogP contribution in [0.1, 0.15) is 53.9 Å². The second-order valence-electron chi connectivity index (χ2n) is 9.76. The first-order valence-corrected chi connectivity index (χ1v) is 10.8. The lowest BCUT2D eigenvalue weighted by molar-refractivity contribution is -0.144. The van der Waals surface area contributed by atoms with Crippen LogP contribution in [0.4, 0.5) is 4.79 Å². The van der Waals surface area contributed by atoms with Crippen LogP contribution >= 0.6 is 0 Å². The number of hydrogen-bond acceptors (Lipinski definition) is 6. The molecule has 0 unspecified atom stereocenters. The van der Waals surface area contributed by atoms with Gasteiger partial charge in [-0.3, -0.25) is 9.59 Å². The molecule has 0 aliphatic carbocycles. The highest BCUT2D eigenvalue weighted by molar-refractivity contribution is 6.00. The second-order valence-corrected chi connectivity index (χ2v) is 9.76. The largest absolute Gasteiger partial charge is 0.480 e. The number of carboxylic acids is 2. The van der Waals surface area contributed by atoms with Gasteiger partial charge in [-0.25, -0.2) is 14.4 Å². The van der Waals surface area contributed by atoms with Crippen molar-refractivity contribution < 1.29 is 38.9 Å². The first kappa shape index (κ1) is 25.4. The minimum Gasteiger partial charge on any atom is -0.480 e. The predicted octanol–water partition coefficient (Wildman–Crippen LogP) is 0.913. The summed E-state index contributed by atoms with van der Waals surface area (Å²) in [5, 5.41) is 21.0. The average molecular weight is 456 g/mol. The van der Waals surface area contributed by atoms with Crippen LogP contribution in [0.25, 0.3) is 0 Å². The van der Waals surface area contributed by atoms with Crippen LogP contribution < -0.4 is 5.32 Å². The maximum absolute atomic E-state index is 13.2. The van der Waals surface area contributed by atoms with E-state index in [1.54, 1.807) is 20.8 Å². The molecule has 2 rings (SSSR count). The van der Waals surface area contributed by atoms with Gasteiger partial charge in [0.05, 0.1) is 5.92 Å². The molecule has 3 N–H and O–H groups in total. The van der Waals surface area contributed by atoms with Crippen LogP contribution in [0.2, 0.25) is 0 Å². The maximum Gasteiger partial charge on any atom is 0.408 e. The Bertz CT molecular complexity index is 755. The molecule has 2 saturated heterocycles. The zero-order chi connectivity index (χ0) is 24.4. The van der Waals surface area contributed by atoms with Gasteiger partial charge in [-0.15, -0.1) is 0 Å². The number of ether oxygens (including phenoxy) is 1. The van der Waals surface area contributed by atoms with E-state index in [0.717, 1.165) is 4.90 Å². The van der Waals surface area contributed by atoms with E-state index in [4.69, 9.17) is 4.74 Å². The van der Waals surface area contributed by atoms with Crippen molar-refractivity contribution >= 4 is 29.8 Å². The lowest BCUT2D eigenvalue weighted by Gasteiger charge is -2.35. The molecular formula is C21H33N3O8. The van der Waals surface area contributed by atoms with E-state index in [-0.39, 0.29) is 18.4 Å². The van der Waals surface area contributed by atoms with Gasteiger partial charge in [0, 0.05) is 13.1 Å². The molecule has 11 heteroatoms. The normalized spacial score (nSPS) is 24.0. The molecule has 32 heavy (non-hydrogen) atoms. The topological polar surface area (TPSA) is 153 Å². The van der Waals surface area contributed by atoms with E-state index in [1.807, 2.05) is 13.8 Å². The number of carbonyl (C=O) groups is 5. The molecule has 0 aromatic heterocycles. The first-order chi connectivity index (χ1) is 14.7. The van der Waals surface area contributed by atoms with Crippen molar-refractivity contribution in [1.82, 2.24) is 15.1 Å². The van der Waals surface area contributed by atoms with Crippen molar-refractivity contribution in [2.24, 2.45) is 11.8 Å². The summed E-state index contributed by atoms with van der Waals surface area (Å²) in [6.45, 7) is 9.41. The molecule has 4 atom stereocenters. The van der Waals surface area contributed by atoms with Crippen molar-refractivity contribution in [3.8, 4) is 0 Å². The molecule has 0 aromatic rings. The number of aliphatic carboxylic acids is 2. The Kier molecular flexibility index (Phi) is 7.74. The standard InChI is InChI=1S/C21H33N3O8/c1-11(2)9-13(22-20(31)32-21(3,4)5)17(26)23-8-6-7-12(10-23)16(25)24-14(18(27)28)15(24)19(29)30/h11-15H,6-10H2,1-5H3,(H,22,31)(H,27,28)(H,29,30)/t12-,13+,14+,15+/m1/s1. The number of alkyl carbamates (subject to hydrolysis) is 1. The fourth-order valence-corrected chi connectivity index (χ4v) is 3.97. The van der Waals surface area contributed by atoms with Crippen LogP contribution in [0.3, 0.4) is 0 Å². The predicted molar refractivity (Wildman–Crippen MR) is 112 cm³/mol. The van der Waals surface area contributed by atoms with Gasteiger partial charge in [-0.05, 0) is 46.0 Å². The number of nitrogens with zero attached hydrogens (tertiary/aromatic N) is 2. The van der Waals surface area contributed by atoms with Gasteiger partial charge in [-0.1, -0.05) is 13.8 Å². The molecule has 2 aliphatic heterocycles. The van der Waals surface area contributed by atoms with Crippen molar-refractivity contribution in [1.29, 1.82) is 0 Å². The average Bonchev–Trinajstić information content (AvgIpc) is 3.41. The van der Waals surface area contributed by atoms with Crippen LogP contribution in [0, 0.1) is 11.8 Å². The number of piperidine rings is 1. The Balaban J connectivity index is 2.08. The Morgan fingerprint density at radius 1 is 1.06 bits per heavy atom. The Labute approximate surface area is 187 Å². The van der Waals surface area contributed by atoms with Gasteiger partial charge < -0.3 is 30.1 Å². The molecule has 0 aromatic carbocycles. The summed E-state index contributed by atoms with van der Waals surface area (Å²) in [6.07, 6.45) is 0.596. The molecule has 0 bridgehead atoms. The van der Waals surface area contributed by atoms with E-state index in [0.29, 0.717) is 25.8 Å². The molecule has 2 heterocycles. The van der Waals surface area contributed by atoms with Crippen molar-refractivity contribution in [2.45, 2.75) is 77.6 Å². The number of hydrogen-bond donors (Lipinski definition) is 3. The quantitative estimate of drug-likeness (QED) is 0.479. The SMILES string of the molecule is CC(C)C[C@H](NC(=O)OC(C)(C)C)C(=O)N1CCC[C@@H](C(=O)N2[C@H](C(=O)O)[C@H]2C(=O)O)C1.